The van der Waals surface area contributed by atoms with E-state index in [2.05, 4.69) is 10.6 Å². The number of rotatable bonds is 6. The summed E-state index contributed by atoms with van der Waals surface area (Å²) >= 11 is 0. The lowest BCUT2D eigenvalue weighted by molar-refractivity contribution is -0.116. The zero-order valence-electron chi connectivity index (χ0n) is 10.3. The van der Waals surface area contributed by atoms with Crippen molar-refractivity contribution < 1.29 is 19.1 Å². The van der Waals surface area contributed by atoms with Crippen molar-refractivity contribution in [1.82, 2.24) is 5.32 Å². The Hall–Kier alpha value is -1.95. The largest absolute Gasteiger partial charge is 0.478 e. The van der Waals surface area contributed by atoms with Crippen LogP contribution < -0.4 is 10.6 Å². The second-order valence-corrected chi connectivity index (χ2v) is 4.53. The lowest BCUT2D eigenvalue weighted by atomic mass is 10.2. The minimum Gasteiger partial charge on any atom is -0.478 e. The Bertz CT molecular complexity index is 501. The number of benzene rings is 1. The van der Waals surface area contributed by atoms with Crippen LogP contribution in [0.3, 0.4) is 0 Å². The zero-order chi connectivity index (χ0) is 13.8. The Balaban J connectivity index is 1.88. The molecular weight excluding hydrogens is 251 g/mol. The van der Waals surface area contributed by atoms with Gasteiger partial charge < -0.3 is 15.7 Å². The highest BCUT2D eigenvalue weighted by Gasteiger charge is 2.20. The van der Waals surface area contributed by atoms with E-state index in [9.17, 15) is 14.0 Å². The predicted octanol–water partition coefficient (Wildman–Crippen LogP) is 1.60. The van der Waals surface area contributed by atoms with Gasteiger partial charge in [0.2, 0.25) is 5.91 Å². The van der Waals surface area contributed by atoms with E-state index in [4.69, 9.17) is 5.11 Å². The van der Waals surface area contributed by atoms with E-state index in [-0.39, 0.29) is 11.6 Å². The number of anilines is 1. The maximum atomic E-state index is 13.2. The molecule has 0 bridgehead atoms. The monoisotopic (exact) mass is 266 g/mol. The van der Waals surface area contributed by atoms with E-state index in [0.717, 1.165) is 25.0 Å². The summed E-state index contributed by atoms with van der Waals surface area (Å²) in [5, 5.41) is 14.5. The molecular formula is C13H15FN2O3. The summed E-state index contributed by atoms with van der Waals surface area (Å²) in [7, 11) is 0. The second kappa shape index (κ2) is 5.79. The molecule has 3 N–H and O–H groups in total. The second-order valence-electron chi connectivity index (χ2n) is 4.53. The third kappa shape index (κ3) is 4.03. The van der Waals surface area contributed by atoms with Gasteiger partial charge in [0.05, 0.1) is 5.56 Å². The first-order valence-corrected chi connectivity index (χ1v) is 6.12. The number of carboxylic acid groups (broad SMARTS) is 1. The van der Waals surface area contributed by atoms with Gasteiger partial charge in [0.25, 0.3) is 0 Å². The highest BCUT2D eigenvalue weighted by Crippen LogP contribution is 2.18. The van der Waals surface area contributed by atoms with E-state index in [1.165, 1.54) is 6.07 Å². The molecule has 1 saturated carbocycles. The normalized spacial score (nSPS) is 14.2. The molecule has 2 rings (SSSR count). The fourth-order valence-electron chi connectivity index (χ4n) is 1.67. The van der Waals surface area contributed by atoms with Crippen LogP contribution >= 0.6 is 0 Å². The summed E-state index contributed by atoms with van der Waals surface area (Å²) in [5.74, 6) is -2.40. The van der Waals surface area contributed by atoms with Gasteiger partial charge in [-0.1, -0.05) is 0 Å². The first kappa shape index (κ1) is 13.5. The fourth-order valence-corrected chi connectivity index (χ4v) is 1.67. The van der Waals surface area contributed by atoms with Crippen molar-refractivity contribution >= 4 is 17.6 Å². The molecule has 1 fully saturated rings. The Morgan fingerprint density at radius 3 is 2.74 bits per heavy atom. The van der Waals surface area contributed by atoms with Crippen LogP contribution in [0.2, 0.25) is 0 Å². The Morgan fingerprint density at radius 1 is 1.37 bits per heavy atom. The molecule has 1 aromatic carbocycles. The number of halogens is 1. The van der Waals surface area contributed by atoms with E-state index in [1.54, 1.807) is 0 Å². The summed E-state index contributed by atoms with van der Waals surface area (Å²) in [6.45, 7) is 0.587. The number of hydrogen-bond acceptors (Lipinski definition) is 3. The van der Waals surface area contributed by atoms with Gasteiger partial charge in [-0.3, -0.25) is 4.79 Å². The van der Waals surface area contributed by atoms with Crippen molar-refractivity contribution in [1.29, 1.82) is 0 Å². The van der Waals surface area contributed by atoms with E-state index in [0.29, 0.717) is 19.0 Å². The quantitative estimate of drug-likeness (QED) is 0.731. The number of amides is 1. The molecule has 102 valence electrons. The maximum absolute atomic E-state index is 13.2. The van der Waals surface area contributed by atoms with Crippen molar-refractivity contribution in [2.45, 2.75) is 25.3 Å². The van der Waals surface area contributed by atoms with Gasteiger partial charge in [-0.25, -0.2) is 9.18 Å². The van der Waals surface area contributed by atoms with Crippen molar-refractivity contribution in [3.63, 3.8) is 0 Å². The summed E-state index contributed by atoms with van der Waals surface area (Å²) in [5.41, 5.74) is -0.163. The van der Waals surface area contributed by atoms with Gasteiger partial charge in [-0.15, -0.1) is 0 Å². The van der Waals surface area contributed by atoms with Crippen LogP contribution in [0.25, 0.3) is 0 Å². The molecule has 0 aromatic heterocycles. The van der Waals surface area contributed by atoms with Gasteiger partial charge in [-0.2, -0.15) is 0 Å². The highest BCUT2D eigenvalue weighted by molar-refractivity contribution is 5.94. The van der Waals surface area contributed by atoms with Crippen LogP contribution in [0, 0.1) is 5.82 Å². The molecule has 0 saturated heterocycles. The fraction of sp³-hybridized carbons (Fsp3) is 0.385. The van der Waals surface area contributed by atoms with E-state index in [1.807, 2.05) is 0 Å². The third-order valence-electron chi connectivity index (χ3n) is 2.84. The van der Waals surface area contributed by atoms with Gasteiger partial charge in [0, 0.05) is 24.7 Å². The summed E-state index contributed by atoms with van der Waals surface area (Å²) in [4.78, 5) is 22.3. The van der Waals surface area contributed by atoms with Crippen LogP contribution in [-0.4, -0.2) is 29.6 Å². The van der Waals surface area contributed by atoms with Gasteiger partial charge in [0.15, 0.2) is 0 Å². The van der Waals surface area contributed by atoms with Crippen LogP contribution in [-0.2, 0) is 4.79 Å². The van der Waals surface area contributed by atoms with Gasteiger partial charge in [-0.05, 0) is 31.0 Å². The molecule has 1 aliphatic carbocycles. The maximum Gasteiger partial charge on any atom is 0.338 e. The number of carbonyl (C=O) groups is 2. The van der Waals surface area contributed by atoms with Crippen LogP contribution in [0.5, 0.6) is 0 Å². The number of aromatic carboxylic acids is 1. The SMILES string of the molecule is O=C(CCNC1CC1)Nc1ccc(F)c(C(=O)O)c1. The smallest absolute Gasteiger partial charge is 0.338 e. The summed E-state index contributed by atoms with van der Waals surface area (Å²) in [6.07, 6.45) is 2.61. The van der Waals surface area contributed by atoms with E-state index < -0.39 is 17.3 Å². The molecule has 0 unspecified atom stereocenters. The van der Waals surface area contributed by atoms with E-state index >= 15 is 0 Å². The van der Waals surface area contributed by atoms with Crippen molar-refractivity contribution in [2.75, 3.05) is 11.9 Å². The third-order valence-corrected chi connectivity index (χ3v) is 2.84. The van der Waals surface area contributed by atoms with Crippen molar-refractivity contribution in [3.8, 4) is 0 Å². The predicted molar refractivity (Wildman–Crippen MR) is 67.6 cm³/mol. The Morgan fingerprint density at radius 2 is 2.11 bits per heavy atom. The van der Waals surface area contributed by atoms with Crippen molar-refractivity contribution in [3.05, 3.63) is 29.6 Å². The van der Waals surface area contributed by atoms with Crippen LogP contribution in [0.1, 0.15) is 29.6 Å². The van der Waals surface area contributed by atoms with Gasteiger partial charge >= 0.3 is 5.97 Å². The molecule has 1 aromatic rings. The highest BCUT2D eigenvalue weighted by atomic mass is 19.1. The molecule has 5 nitrogen and oxygen atoms in total. The topological polar surface area (TPSA) is 78.4 Å². The Labute approximate surface area is 109 Å². The molecule has 0 radical (unpaired) electrons. The molecule has 0 spiro atoms. The first-order valence-electron chi connectivity index (χ1n) is 6.12. The molecule has 19 heavy (non-hydrogen) atoms. The molecule has 1 aliphatic rings. The molecule has 1 amide bonds. The average molecular weight is 266 g/mol. The minimum atomic E-state index is -1.36. The van der Waals surface area contributed by atoms with Crippen LogP contribution in [0.15, 0.2) is 18.2 Å². The number of nitrogens with one attached hydrogen (secondary N) is 2. The number of carboxylic acids is 1. The van der Waals surface area contributed by atoms with Gasteiger partial charge in [0.1, 0.15) is 5.82 Å². The lowest BCUT2D eigenvalue weighted by Gasteiger charge is -2.07. The molecule has 6 heteroatoms. The standard InChI is InChI=1S/C13H15FN2O3/c14-11-4-3-9(7-10(11)13(18)19)16-12(17)5-6-15-8-1-2-8/h3-4,7-8,15H,1-2,5-6H2,(H,16,17)(H,18,19). The summed E-state index contributed by atoms with van der Waals surface area (Å²) < 4.78 is 13.2. The molecule has 0 atom stereocenters. The molecule has 0 heterocycles. The zero-order valence-corrected chi connectivity index (χ0v) is 10.3. The van der Waals surface area contributed by atoms with Crippen molar-refractivity contribution in [2.24, 2.45) is 0 Å². The average Bonchev–Trinajstić information content (AvgIpc) is 3.15. The lowest BCUT2D eigenvalue weighted by Crippen LogP contribution is -2.23. The number of carbonyl (C=O) groups excluding carboxylic acids is 1. The molecule has 0 aliphatic heterocycles. The minimum absolute atomic E-state index is 0.226. The van der Waals surface area contributed by atoms with Crippen LogP contribution in [0.4, 0.5) is 10.1 Å². The summed E-state index contributed by atoms with van der Waals surface area (Å²) in [6, 6.07) is 4.02. The first-order chi connectivity index (χ1) is 9.06. The Kier molecular flexibility index (Phi) is 4.11. The number of hydrogen-bond donors (Lipinski definition) is 3.